The Bertz CT molecular complexity index is 572. The van der Waals surface area contributed by atoms with E-state index in [1.807, 2.05) is 29.0 Å². The lowest BCUT2D eigenvalue weighted by atomic mass is 10.3. The number of nitrogens with zero attached hydrogens (tertiary/aromatic N) is 2. The van der Waals surface area contributed by atoms with E-state index in [2.05, 4.69) is 15.6 Å². The van der Waals surface area contributed by atoms with Crippen molar-refractivity contribution in [1.29, 1.82) is 0 Å². The fourth-order valence-electron chi connectivity index (χ4n) is 1.63. The predicted molar refractivity (Wildman–Crippen MR) is 87.9 cm³/mol. The highest BCUT2D eigenvalue weighted by Crippen LogP contribution is 2.29. The van der Waals surface area contributed by atoms with Gasteiger partial charge in [0.05, 0.1) is 27.2 Å². The second-order valence-electron chi connectivity index (χ2n) is 3.94. The SMILES string of the molecule is C.COc1ccc(NC(=S)NCn2ccnc2)cc1OC. The van der Waals surface area contributed by atoms with Crippen molar-refractivity contribution in [3.8, 4) is 11.5 Å². The molecule has 0 radical (unpaired) electrons. The first-order valence-corrected chi connectivity index (χ1v) is 6.36. The number of imidazole rings is 1. The molecule has 0 aliphatic rings. The molecule has 0 spiro atoms. The van der Waals surface area contributed by atoms with E-state index in [1.165, 1.54) is 0 Å². The van der Waals surface area contributed by atoms with E-state index in [0.29, 0.717) is 23.3 Å². The zero-order valence-electron chi connectivity index (χ0n) is 11.3. The van der Waals surface area contributed by atoms with Gasteiger partial charge in [0, 0.05) is 24.1 Å². The summed E-state index contributed by atoms with van der Waals surface area (Å²) in [7, 11) is 3.19. The van der Waals surface area contributed by atoms with Gasteiger partial charge in [-0.25, -0.2) is 4.98 Å². The van der Waals surface area contributed by atoms with Crippen molar-refractivity contribution in [2.75, 3.05) is 19.5 Å². The minimum atomic E-state index is 0. The summed E-state index contributed by atoms with van der Waals surface area (Å²) in [6, 6.07) is 5.51. The lowest BCUT2D eigenvalue weighted by Crippen LogP contribution is -2.29. The van der Waals surface area contributed by atoms with Crippen LogP contribution in [0.5, 0.6) is 11.5 Å². The number of benzene rings is 1. The van der Waals surface area contributed by atoms with Crippen LogP contribution in [0.3, 0.4) is 0 Å². The van der Waals surface area contributed by atoms with E-state index in [-0.39, 0.29) is 7.43 Å². The Labute approximate surface area is 130 Å². The fraction of sp³-hybridized carbons (Fsp3) is 0.286. The van der Waals surface area contributed by atoms with Gasteiger partial charge in [-0.3, -0.25) is 0 Å². The topological polar surface area (TPSA) is 60.3 Å². The van der Waals surface area contributed by atoms with Gasteiger partial charge in [-0.1, -0.05) is 7.43 Å². The number of anilines is 1. The van der Waals surface area contributed by atoms with Crippen LogP contribution in [0.4, 0.5) is 5.69 Å². The van der Waals surface area contributed by atoms with Crippen molar-refractivity contribution >= 4 is 23.0 Å². The molecular formula is C14H20N4O2S. The van der Waals surface area contributed by atoms with Crippen LogP contribution in [-0.2, 0) is 6.67 Å². The third kappa shape index (κ3) is 4.64. The minimum absolute atomic E-state index is 0. The molecular weight excluding hydrogens is 288 g/mol. The highest BCUT2D eigenvalue weighted by atomic mass is 32.1. The lowest BCUT2D eigenvalue weighted by Gasteiger charge is -2.13. The maximum Gasteiger partial charge on any atom is 0.172 e. The van der Waals surface area contributed by atoms with Crippen molar-refractivity contribution in [1.82, 2.24) is 14.9 Å². The summed E-state index contributed by atoms with van der Waals surface area (Å²) in [5.74, 6) is 1.32. The quantitative estimate of drug-likeness (QED) is 0.828. The monoisotopic (exact) mass is 308 g/mol. The summed E-state index contributed by atoms with van der Waals surface area (Å²) in [5, 5.41) is 6.67. The van der Waals surface area contributed by atoms with Gasteiger partial charge in [0.2, 0.25) is 0 Å². The molecule has 0 atom stereocenters. The highest BCUT2D eigenvalue weighted by molar-refractivity contribution is 7.80. The molecule has 1 heterocycles. The number of aromatic nitrogens is 2. The molecule has 0 aliphatic carbocycles. The Morgan fingerprint density at radius 2 is 2.05 bits per heavy atom. The second kappa shape index (κ2) is 8.11. The summed E-state index contributed by atoms with van der Waals surface area (Å²) in [4.78, 5) is 3.95. The fourth-order valence-corrected chi connectivity index (χ4v) is 1.82. The van der Waals surface area contributed by atoms with Crippen LogP contribution < -0.4 is 20.1 Å². The van der Waals surface area contributed by atoms with Crippen molar-refractivity contribution in [3.05, 3.63) is 36.9 Å². The summed E-state index contributed by atoms with van der Waals surface area (Å²) >= 11 is 5.22. The van der Waals surface area contributed by atoms with Crippen molar-refractivity contribution in [2.45, 2.75) is 14.1 Å². The molecule has 0 amide bonds. The molecule has 1 aromatic heterocycles. The molecule has 2 rings (SSSR count). The first-order valence-electron chi connectivity index (χ1n) is 5.95. The Kier molecular flexibility index (Phi) is 6.48. The highest BCUT2D eigenvalue weighted by Gasteiger charge is 2.05. The van der Waals surface area contributed by atoms with E-state index in [0.717, 1.165) is 5.69 Å². The van der Waals surface area contributed by atoms with Crippen molar-refractivity contribution in [2.24, 2.45) is 0 Å². The van der Waals surface area contributed by atoms with Crippen molar-refractivity contribution < 1.29 is 9.47 Å². The summed E-state index contributed by atoms with van der Waals surface area (Å²) < 4.78 is 12.3. The molecule has 2 N–H and O–H groups in total. The van der Waals surface area contributed by atoms with Crippen LogP contribution in [-0.4, -0.2) is 28.9 Å². The number of hydrogen-bond donors (Lipinski definition) is 2. The first kappa shape index (κ1) is 16.8. The van der Waals surface area contributed by atoms with Crippen LogP contribution in [0.2, 0.25) is 0 Å². The number of ether oxygens (including phenoxy) is 2. The lowest BCUT2D eigenvalue weighted by molar-refractivity contribution is 0.355. The summed E-state index contributed by atoms with van der Waals surface area (Å²) in [5.41, 5.74) is 0.825. The standard InChI is InChI=1S/C13H16N4O2S.CH4/c1-18-11-4-3-10(7-12(11)19-2)16-13(20)15-9-17-6-5-14-8-17;/h3-8H,9H2,1-2H3,(H2,15,16,20);1H4. The van der Waals surface area contributed by atoms with Gasteiger partial charge in [0.25, 0.3) is 0 Å². The molecule has 0 unspecified atom stereocenters. The first-order chi connectivity index (χ1) is 9.72. The van der Waals surface area contributed by atoms with Crippen LogP contribution in [0.1, 0.15) is 7.43 Å². The van der Waals surface area contributed by atoms with E-state index in [1.54, 1.807) is 26.7 Å². The van der Waals surface area contributed by atoms with Gasteiger partial charge in [0.15, 0.2) is 16.6 Å². The molecule has 0 saturated heterocycles. The number of thiocarbonyl (C=S) groups is 1. The van der Waals surface area contributed by atoms with Crippen molar-refractivity contribution in [3.63, 3.8) is 0 Å². The van der Waals surface area contributed by atoms with E-state index < -0.39 is 0 Å². The Morgan fingerprint density at radius 3 is 2.67 bits per heavy atom. The van der Waals surface area contributed by atoms with Crippen LogP contribution in [0.25, 0.3) is 0 Å². The maximum atomic E-state index is 5.24. The average molecular weight is 308 g/mol. The summed E-state index contributed by atoms with van der Waals surface area (Å²) in [6.45, 7) is 0.555. The van der Waals surface area contributed by atoms with E-state index in [9.17, 15) is 0 Å². The normalized spacial score (nSPS) is 9.43. The number of nitrogens with one attached hydrogen (secondary N) is 2. The molecule has 7 heteroatoms. The third-order valence-electron chi connectivity index (χ3n) is 2.62. The molecule has 6 nitrogen and oxygen atoms in total. The zero-order chi connectivity index (χ0) is 14.4. The minimum Gasteiger partial charge on any atom is -0.493 e. The van der Waals surface area contributed by atoms with Gasteiger partial charge in [-0.05, 0) is 24.4 Å². The zero-order valence-corrected chi connectivity index (χ0v) is 12.1. The number of rotatable bonds is 5. The molecule has 0 aliphatic heterocycles. The largest absolute Gasteiger partial charge is 0.493 e. The Morgan fingerprint density at radius 1 is 1.29 bits per heavy atom. The molecule has 114 valence electrons. The molecule has 0 bridgehead atoms. The average Bonchev–Trinajstić information content (AvgIpc) is 2.98. The number of hydrogen-bond acceptors (Lipinski definition) is 4. The maximum absolute atomic E-state index is 5.24. The Hall–Kier alpha value is -2.28. The van der Waals surface area contributed by atoms with Gasteiger partial charge >= 0.3 is 0 Å². The Balaban J connectivity index is 0.00000220. The van der Waals surface area contributed by atoms with Crippen LogP contribution >= 0.6 is 12.2 Å². The smallest absolute Gasteiger partial charge is 0.172 e. The molecule has 1 aromatic carbocycles. The van der Waals surface area contributed by atoms with Gasteiger partial charge in [0.1, 0.15) is 0 Å². The predicted octanol–water partition coefficient (Wildman–Crippen LogP) is 2.48. The van der Waals surface area contributed by atoms with Crippen LogP contribution in [0, 0.1) is 0 Å². The van der Waals surface area contributed by atoms with Gasteiger partial charge in [-0.15, -0.1) is 0 Å². The van der Waals surface area contributed by atoms with Gasteiger partial charge in [-0.2, -0.15) is 0 Å². The molecule has 0 saturated carbocycles. The second-order valence-corrected chi connectivity index (χ2v) is 4.34. The third-order valence-corrected chi connectivity index (χ3v) is 2.87. The van der Waals surface area contributed by atoms with Crippen LogP contribution in [0.15, 0.2) is 36.9 Å². The molecule has 21 heavy (non-hydrogen) atoms. The summed E-state index contributed by atoms with van der Waals surface area (Å²) in [6.07, 6.45) is 5.28. The molecule has 2 aromatic rings. The molecule has 0 fully saturated rings. The van der Waals surface area contributed by atoms with Gasteiger partial charge < -0.3 is 24.7 Å². The van der Waals surface area contributed by atoms with E-state index in [4.69, 9.17) is 21.7 Å². The number of methoxy groups -OCH3 is 2. The van der Waals surface area contributed by atoms with E-state index >= 15 is 0 Å².